The number of hydrogen-bond acceptors (Lipinski definition) is 3. The van der Waals surface area contributed by atoms with E-state index in [9.17, 15) is 0 Å². The van der Waals surface area contributed by atoms with Crippen molar-refractivity contribution in [2.24, 2.45) is 0 Å². The Bertz CT molecular complexity index is 333. The van der Waals surface area contributed by atoms with Crippen molar-refractivity contribution in [3.8, 4) is 0 Å². The van der Waals surface area contributed by atoms with E-state index in [0.29, 0.717) is 10.9 Å². The van der Waals surface area contributed by atoms with Crippen LogP contribution in [0.15, 0.2) is 23.0 Å². The average molecular weight is 283 g/mol. The summed E-state index contributed by atoms with van der Waals surface area (Å²) in [6.45, 7) is 3.22. The molecule has 3 nitrogen and oxygen atoms in total. The van der Waals surface area contributed by atoms with Crippen molar-refractivity contribution in [3.63, 3.8) is 0 Å². The minimum absolute atomic E-state index is 0. The van der Waals surface area contributed by atoms with E-state index in [1.165, 1.54) is 0 Å². The molecule has 2 aliphatic rings. The SMILES string of the molecule is ClCC1=[N+]C=CC(N2CCOCC2)=C1Cl.[Cl-]. The van der Waals surface area contributed by atoms with Crippen molar-refractivity contribution in [2.75, 3.05) is 32.2 Å². The minimum Gasteiger partial charge on any atom is -1.00 e. The molecule has 89 valence electrons. The van der Waals surface area contributed by atoms with Crippen molar-refractivity contribution in [2.45, 2.75) is 0 Å². The van der Waals surface area contributed by atoms with Crippen LogP contribution in [0.5, 0.6) is 0 Å². The molecule has 0 spiro atoms. The van der Waals surface area contributed by atoms with Crippen LogP contribution in [-0.2, 0) is 4.74 Å². The lowest BCUT2D eigenvalue weighted by Crippen LogP contribution is -3.00. The summed E-state index contributed by atoms with van der Waals surface area (Å²) in [5, 5.41) is 0.661. The van der Waals surface area contributed by atoms with Crippen LogP contribution in [0, 0.1) is 0 Å². The molecule has 0 unspecified atom stereocenters. The molecule has 0 aromatic rings. The van der Waals surface area contributed by atoms with Gasteiger partial charge in [-0.2, -0.15) is 0 Å². The topological polar surface area (TPSA) is 26.6 Å². The fourth-order valence-corrected chi connectivity index (χ4v) is 2.19. The Balaban J connectivity index is 0.00000128. The molecule has 0 aromatic heterocycles. The minimum atomic E-state index is 0. The first-order valence-electron chi connectivity index (χ1n) is 4.85. The summed E-state index contributed by atoms with van der Waals surface area (Å²) >= 11 is 12.0. The van der Waals surface area contributed by atoms with E-state index in [4.69, 9.17) is 27.9 Å². The van der Waals surface area contributed by atoms with Crippen molar-refractivity contribution in [1.29, 1.82) is 0 Å². The lowest BCUT2D eigenvalue weighted by Gasteiger charge is -2.29. The third-order valence-corrected chi connectivity index (χ3v) is 3.08. The number of alkyl halides is 1. The van der Waals surface area contributed by atoms with Crippen LogP contribution in [0.3, 0.4) is 0 Å². The third kappa shape index (κ3) is 2.92. The number of halogens is 3. The summed E-state index contributed by atoms with van der Waals surface area (Å²) in [6.07, 6.45) is 3.66. The fraction of sp³-hybridized carbons (Fsp3) is 0.500. The Morgan fingerprint density at radius 1 is 1.38 bits per heavy atom. The van der Waals surface area contributed by atoms with Gasteiger partial charge in [0, 0.05) is 19.2 Å². The molecule has 0 saturated carbocycles. The Morgan fingerprint density at radius 3 is 2.69 bits per heavy atom. The number of allylic oxidation sites excluding steroid dienone is 2. The second-order valence-electron chi connectivity index (χ2n) is 3.32. The van der Waals surface area contributed by atoms with Crippen molar-refractivity contribution in [1.82, 2.24) is 9.89 Å². The maximum Gasteiger partial charge on any atom is 0.289 e. The number of rotatable bonds is 2. The zero-order chi connectivity index (χ0) is 10.7. The Morgan fingerprint density at radius 2 is 2.06 bits per heavy atom. The van der Waals surface area contributed by atoms with Crippen LogP contribution in [0.4, 0.5) is 0 Å². The molecule has 16 heavy (non-hydrogen) atoms. The molecular formula is C10H12Cl3N2O. The van der Waals surface area contributed by atoms with E-state index in [1.54, 1.807) is 6.20 Å². The highest BCUT2D eigenvalue weighted by Crippen LogP contribution is 2.20. The zero-order valence-corrected chi connectivity index (χ0v) is 10.9. The van der Waals surface area contributed by atoms with Crippen LogP contribution in [0.2, 0.25) is 0 Å². The first-order valence-corrected chi connectivity index (χ1v) is 5.76. The highest BCUT2D eigenvalue weighted by molar-refractivity contribution is 6.48. The van der Waals surface area contributed by atoms with Gasteiger partial charge in [0.05, 0.1) is 23.9 Å². The predicted octanol–water partition coefficient (Wildman–Crippen LogP) is -1.68. The standard InChI is InChI=1S/C10H12Cl2N2O.ClH/c11-7-8-10(12)9(1-2-13-8)14-3-5-15-6-4-14;/h1-2H,3-7H2;1H/q+1;/p-1. The van der Waals surface area contributed by atoms with Gasteiger partial charge in [-0.3, -0.25) is 0 Å². The summed E-state index contributed by atoms with van der Waals surface area (Å²) in [6, 6.07) is 0. The second kappa shape index (κ2) is 6.50. The van der Waals surface area contributed by atoms with Crippen LogP contribution < -0.4 is 17.4 Å². The van der Waals surface area contributed by atoms with Gasteiger partial charge in [-0.05, 0) is 0 Å². The van der Waals surface area contributed by atoms with Gasteiger partial charge in [0.1, 0.15) is 10.9 Å². The molecule has 0 amide bonds. The molecule has 0 aliphatic carbocycles. The average Bonchev–Trinajstić information content (AvgIpc) is 2.30. The van der Waals surface area contributed by atoms with Crippen LogP contribution in [-0.4, -0.2) is 42.8 Å². The lowest BCUT2D eigenvalue weighted by molar-refractivity contribution is -0.00000392. The maximum atomic E-state index is 6.21. The third-order valence-electron chi connectivity index (χ3n) is 2.42. The smallest absolute Gasteiger partial charge is 0.289 e. The van der Waals surface area contributed by atoms with E-state index in [1.807, 2.05) is 6.08 Å². The van der Waals surface area contributed by atoms with Gasteiger partial charge in [0.25, 0.3) is 5.71 Å². The molecule has 0 bridgehead atoms. The Labute approximate surface area is 111 Å². The Kier molecular flexibility index (Phi) is 5.62. The summed E-state index contributed by atoms with van der Waals surface area (Å²) < 4.78 is 5.29. The van der Waals surface area contributed by atoms with Crippen LogP contribution in [0.1, 0.15) is 0 Å². The van der Waals surface area contributed by atoms with Gasteiger partial charge in [-0.25, -0.2) is 0 Å². The number of aliphatic imine (C=N–C) groups is 1. The maximum absolute atomic E-state index is 6.21. The molecular weight excluding hydrogens is 270 g/mol. The van der Waals surface area contributed by atoms with Crippen LogP contribution in [0.25, 0.3) is 0 Å². The molecule has 0 atom stereocenters. The number of nitrogens with zero attached hydrogens (tertiary/aromatic N) is 2. The summed E-state index contributed by atoms with van der Waals surface area (Å²) in [5.74, 6) is 0.344. The van der Waals surface area contributed by atoms with E-state index in [2.05, 4.69) is 9.89 Å². The molecule has 0 N–H and O–H groups in total. The largest absolute Gasteiger partial charge is 1.00 e. The molecule has 1 fully saturated rings. The highest BCUT2D eigenvalue weighted by atomic mass is 35.5. The van der Waals surface area contributed by atoms with E-state index in [-0.39, 0.29) is 12.4 Å². The first kappa shape index (κ1) is 13.8. The van der Waals surface area contributed by atoms with E-state index in [0.717, 1.165) is 37.7 Å². The number of ether oxygens (including phenoxy) is 1. The molecule has 1 radical (unpaired) electrons. The molecule has 6 heteroatoms. The van der Waals surface area contributed by atoms with Crippen molar-refractivity contribution < 1.29 is 17.1 Å². The summed E-state index contributed by atoms with van der Waals surface area (Å²) in [7, 11) is 0. The van der Waals surface area contributed by atoms with E-state index >= 15 is 0 Å². The zero-order valence-electron chi connectivity index (χ0n) is 8.63. The normalized spacial score (nSPS) is 20.6. The lowest BCUT2D eigenvalue weighted by atomic mass is 10.2. The van der Waals surface area contributed by atoms with E-state index < -0.39 is 0 Å². The van der Waals surface area contributed by atoms with Gasteiger partial charge in [-0.1, -0.05) is 11.6 Å². The molecule has 2 aliphatic heterocycles. The predicted molar refractivity (Wildman–Crippen MR) is 62.3 cm³/mol. The molecule has 2 rings (SSSR count). The van der Waals surface area contributed by atoms with Gasteiger partial charge >= 0.3 is 0 Å². The number of morpholine rings is 1. The molecule has 2 heterocycles. The Hall–Kier alpha value is -0.220. The van der Waals surface area contributed by atoms with Gasteiger partial charge in [0.15, 0.2) is 0 Å². The number of hydrogen-bond donors (Lipinski definition) is 0. The van der Waals surface area contributed by atoms with Gasteiger partial charge in [-0.15, -0.1) is 11.6 Å². The van der Waals surface area contributed by atoms with Gasteiger partial charge < -0.3 is 22.0 Å². The quantitative estimate of drug-likeness (QED) is 0.566. The monoisotopic (exact) mass is 281 g/mol. The summed E-state index contributed by atoms with van der Waals surface area (Å²) in [5.41, 5.74) is 1.74. The van der Waals surface area contributed by atoms with Crippen molar-refractivity contribution in [3.05, 3.63) is 23.0 Å². The van der Waals surface area contributed by atoms with Crippen molar-refractivity contribution >= 4 is 28.9 Å². The molecule has 0 aromatic carbocycles. The van der Waals surface area contributed by atoms with Crippen LogP contribution >= 0.6 is 23.2 Å². The first-order chi connectivity index (χ1) is 7.33. The fourth-order valence-electron chi connectivity index (χ4n) is 1.62. The van der Waals surface area contributed by atoms with Gasteiger partial charge in [0.2, 0.25) is 6.20 Å². The molecule has 1 saturated heterocycles. The summed E-state index contributed by atoms with van der Waals surface area (Å²) in [4.78, 5) is 6.33. The highest BCUT2D eigenvalue weighted by Gasteiger charge is 2.25. The second-order valence-corrected chi connectivity index (χ2v) is 3.97.